The third-order valence-electron chi connectivity index (χ3n) is 3.12. The molecule has 2 heterocycles. The zero-order chi connectivity index (χ0) is 10.4. The maximum Gasteiger partial charge on any atom is 0.0472 e. The molecule has 2 heteroatoms. The van der Waals surface area contributed by atoms with E-state index in [-0.39, 0.29) is 0 Å². The summed E-state index contributed by atoms with van der Waals surface area (Å²) in [5.41, 5.74) is 0.675. The molecule has 14 heavy (non-hydrogen) atoms. The van der Waals surface area contributed by atoms with Crippen LogP contribution in [0, 0.1) is 5.41 Å². The molecule has 1 spiro atoms. The van der Waals surface area contributed by atoms with Crippen molar-refractivity contribution in [2.75, 3.05) is 32.8 Å². The van der Waals surface area contributed by atoms with Crippen LogP contribution in [-0.4, -0.2) is 37.7 Å². The molecule has 2 aliphatic heterocycles. The maximum atomic E-state index is 5.35. The van der Waals surface area contributed by atoms with Crippen LogP contribution in [-0.2, 0) is 4.74 Å². The van der Waals surface area contributed by atoms with Crippen molar-refractivity contribution in [1.82, 2.24) is 4.90 Å². The van der Waals surface area contributed by atoms with E-state index >= 15 is 0 Å². The molecular weight excluding hydrogens is 174 g/mol. The Morgan fingerprint density at radius 3 is 2.00 bits per heavy atom. The molecule has 2 saturated heterocycles. The Labute approximate surface area is 88.6 Å². The van der Waals surface area contributed by atoms with Gasteiger partial charge < -0.3 is 9.64 Å². The lowest BCUT2D eigenvalue weighted by Gasteiger charge is -2.52. The monoisotopic (exact) mass is 199 g/mol. The van der Waals surface area contributed by atoms with E-state index in [0.29, 0.717) is 5.41 Å². The molecule has 2 fully saturated rings. The Hall–Kier alpha value is -0.0800. The van der Waals surface area contributed by atoms with Crippen LogP contribution < -0.4 is 0 Å². The van der Waals surface area contributed by atoms with E-state index in [2.05, 4.69) is 25.7 Å². The van der Waals surface area contributed by atoms with E-state index in [4.69, 9.17) is 4.74 Å². The predicted octanol–water partition coefficient (Wildman–Crippen LogP) is 2.54. The second-order valence-electron chi connectivity index (χ2n) is 4.62. The van der Waals surface area contributed by atoms with Gasteiger partial charge in [0.1, 0.15) is 0 Å². The Kier molecular flexibility index (Phi) is 4.90. The van der Waals surface area contributed by atoms with Gasteiger partial charge in [-0.1, -0.05) is 27.2 Å². The molecule has 0 N–H and O–H groups in total. The summed E-state index contributed by atoms with van der Waals surface area (Å²) in [6.07, 6.45) is 3.84. The highest BCUT2D eigenvalue weighted by atomic mass is 16.5. The highest BCUT2D eigenvalue weighted by Gasteiger charge is 2.42. The van der Waals surface area contributed by atoms with Gasteiger partial charge in [-0.05, 0) is 19.4 Å². The van der Waals surface area contributed by atoms with E-state index in [0.717, 1.165) is 13.2 Å². The Bertz CT molecular complexity index is 144. The van der Waals surface area contributed by atoms with Crippen LogP contribution in [0.2, 0.25) is 0 Å². The summed E-state index contributed by atoms with van der Waals surface area (Å²) in [4.78, 5) is 2.52. The fourth-order valence-electron chi connectivity index (χ4n) is 2.25. The van der Waals surface area contributed by atoms with Gasteiger partial charge in [-0.25, -0.2) is 0 Å². The average molecular weight is 199 g/mol. The van der Waals surface area contributed by atoms with Crippen molar-refractivity contribution in [3.05, 3.63) is 0 Å². The first kappa shape index (κ1) is 12.0. The highest BCUT2D eigenvalue weighted by Crippen LogP contribution is 2.39. The third-order valence-corrected chi connectivity index (χ3v) is 3.12. The number of hydrogen-bond donors (Lipinski definition) is 0. The Balaban J connectivity index is 0.000000293. The standard InChI is InChI=1S/C9H17NO.C3H8/c1-2-10-7-9(8-10)3-5-11-6-4-9;1-3-2/h2-8H2,1H3;3H2,1-2H3. The quantitative estimate of drug-likeness (QED) is 0.643. The van der Waals surface area contributed by atoms with E-state index in [1.54, 1.807) is 0 Å². The van der Waals surface area contributed by atoms with Crippen LogP contribution in [0.5, 0.6) is 0 Å². The summed E-state index contributed by atoms with van der Waals surface area (Å²) in [6, 6.07) is 0. The largest absolute Gasteiger partial charge is 0.381 e. The van der Waals surface area contributed by atoms with Gasteiger partial charge in [0.05, 0.1) is 0 Å². The normalized spacial score (nSPS) is 25.1. The fourth-order valence-corrected chi connectivity index (χ4v) is 2.25. The van der Waals surface area contributed by atoms with Crippen LogP contribution >= 0.6 is 0 Å². The summed E-state index contributed by atoms with van der Waals surface area (Å²) in [6.45, 7) is 12.4. The van der Waals surface area contributed by atoms with Crippen molar-refractivity contribution in [3.8, 4) is 0 Å². The molecule has 0 saturated carbocycles. The van der Waals surface area contributed by atoms with Gasteiger partial charge in [0.2, 0.25) is 0 Å². The first-order valence-electron chi connectivity index (χ1n) is 6.06. The molecular formula is C12H25NO. The molecule has 0 atom stereocenters. The van der Waals surface area contributed by atoms with Crippen molar-refractivity contribution < 1.29 is 4.74 Å². The lowest BCUT2D eigenvalue weighted by atomic mass is 9.73. The molecule has 0 aromatic heterocycles. The van der Waals surface area contributed by atoms with Crippen molar-refractivity contribution in [3.63, 3.8) is 0 Å². The van der Waals surface area contributed by atoms with Crippen LogP contribution in [0.4, 0.5) is 0 Å². The number of hydrogen-bond acceptors (Lipinski definition) is 2. The molecule has 0 amide bonds. The minimum atomic E-state index is 0.675. The summed E-state index contributed by atoms with van der Waals surface area (Å²) in [7, 11) is 0. The predicted molar refractivity (Wildman–Crippen MR) is 60.6 cm³/mol. The number of nitrogens with zero attached hydrogens (tertiary/aromatic N) is 1. The lowest BCUT2D eigenvalue weighted by Crippen LogP contribution is -2.58. The van der Waals surface area contributed by atoms with Crippen molar-refractivity contribution >= 4 is 0 Å². The first-order valence-corrected chi connectivity index (χ1v) is 6.06. The average Bonchev–Trinajstić information content (AvgIpc) is 2.16. The molecule has 0 unspecified atom stereocenters. The minimum Gasteiger partial charge on any atom is -0.381 e. The van der Waals surface area contributed by atoms with Gasteiger partial charge in [-0.3, -0.25) is 0 Å². The van der Waals surface area contributed by atoms with Gasteiger partial charge in [-0.15, -0.1) is 0 Å². The van der Waals surface area contributed by atoms with Crippen molar-refractivity contribution in [1.29, 1.82) is 0 Å². The topological polar surface area (TPSA) is 12.5 Å². The molecule has 0 bridgehead atoms. The molecule has 2 rings (SSSR count). The van der Waals surface area contributed by atoms with E-state index < -0.39 is 0 Å². The number of likely N-dealkylation sites (tertiary alicyclic amines) is 1. The van der Waals surface area contributed by atoms with Gasteiger partial charge in [0.25, 0.3) is 0 Å². The Morgan fingerprint density at radius 1 is 1.07 bits per heavy atom. The molecule has 0 aromatic carbocycles. The van der Waals surface area contributed by atoms with Crippen molar-refractivity contribution in [2.24, 2.45) is 5.41 Å². The molecule has 2 aliphatic rings. The van der Waals surface area contributed by atoms with Crippen LogP contribution in [0.1, 0.15) is 40.0 Å². The highest BCUT2D eigenvalue weighted by molar-refractivity contribution is 4.95. The minimum absolute atomic E-state index is 0.675. The van der Waals surface area contributed by atoms with Crippen LogP contribution in [0.25, 0.3) is 0 Å². The molecule has 0 aliphatic carbocycles. The van der Waals surface area contributed by atoms with Gasteiger partial charge >= 0.3 is 0 Å². The molecule has 2 nitrogen and oxygen atoms in total. The van der Waals surface area contributed by atoms with Crippen LogP contribution in [0.15, 0.2) is 0 Å². The first-order chi connectivity index (χ1) is 6.76. The smallest absolute Gasteiger partial charge is 0.0472 e. The summed E-state index contributed by atoms with van der Waals surface area (Å²) < 4.78 is 5.35. The zero-order valence-corrected chi connectivity index (χ0v) is 10.0. The molecule has 0 radical (unpaired) electrons. The zero-order valence-electron chi connectivity index (χ0n) is 10.0. The molecule has 84 valence electrons. The van der Waals surface area contributed by atoms with Crippen molar-refractivity contribution in [2.45, 2.75) is 40.0 Å². The summed E-state index contributed by atoms with van der Waals surface area (Å²) in [5, 5.41) is 0. The van der Waals surface area contributed by atoms with Gasteiger partial charge in [0, 0.05) is 31.7 Å². The second-order valence-corrected chi connectivity index (χ2v) is 4.62. The third kappa shape index (κ3) is 2.96. The van der Waals surface area contributed by atoms with E-state index in [9.17, 15) is 0 Å². The second kappa shape index (κ2) is 5.72. The summed E-state index contributed by atoms with van der Waals surface area (Å²) in [5.74, 6) is 0. The number of rotatable bonds is 1. The fraction of sp³-hybridized carbons (Fsp3) is 1.00. The van der Waals surface area contributed by atoms with Gasteiger partial charge in [0.15, 0.2) is 0 Å². The van der Waals surface area contributed by atoms with Gasteiger partial charge in [-0.2, -0.15) is 0 Å². The Morgan fingerprint density at radius 2 is 1.57 bits per heavy atom. The van der Waals surface area contributed by atoms with Crippen LogP contribution in [0.3, 0.4) is 0 Å². The van der Waals surface area contributed by atoms with E-state index in [1.165, 1.54) is 38.9 Å². The SMILES string of the molecule is CCC.CCN1CC2(CCOCC2)C1. The maximum absolute atomic E-state index is 5.35. The molecule has 0 aromatic rings. The summed E-state index contributed by atoms with van der Waals surface area (Å²) >= 11 is 0. The number of ether oxygens (including phenoxy) is 1. The lowest BCUT2D eigenvalue weighted by molar-refractivity contribution is -0.0782. The van der Waals surface area contributed by atoms with E-state index in [1.807, 2.05) is 0 Å².